The minimum Gasteiger partial charge on any atom is -0.349 e. The lowest BCUT2D eigenvalue weighted by Crippen LogP contribution is -2.46. The van der Waals surface area contributed by atoms with E-state index in [0.717, 1.165) is 11.1 Å². The molecule has 0 aliphatic carbocycles. The van der Waals surface area contributed by atoms with E-state index in [0.29, 0.717) is 37.2 Å². The molecule has 3 rings (SSSR count). The summed E-state index contributed by atoms with van der Waals surface area (Å²) in [6, 6.07) is 11.3. The molecular weight excluding hydrogens is 402 g/mol. The van der Waals surface area contributed by atoms with E-state index in [4.69, 9.17) is 0 Å². The summed E-state index contributed by atoms with van der Waals surface area (Å²) in [5.41, 5.74) is 2.80. The van der Waals surface area contributed by atoms with Gasteiger partial charge in [-0.3, -0.25) is 14.3 Å². The first-order valence-electron chi connectivity index (χ1n) is 9.93. The molecule has 0 bridgehead atoms. The largest absolute Gasteiger partial charge is 0.349 e. The molecule has 1 saturated heterocycles. The fourth-order valence-corrected chi connectivity index (χ4v) is 4.58. The molecule has 30 heavy (non-hydrogen) atoms. The third kappa shape index (κ3) is 4.99. The summed E-state index contributed by atoms with van der Waals surface area (Å²) < 4.78 is 28.0. The molecule has 2 N–H and O–H groups in total. The van der Waals surface area contributed by atoms with Crippen LogP contribution in [0.1, 0.15) is 41.3 Å². The van der Waals surface area contributed by atoms with Crippen molar-refractivity contribution in [2.75, 3.05) is 17.8 Å². The molecule has 1 aliphatic heterocycles. The van der Waals surface area contributed by atoms with Crippen molar-refractivity contribution in [3.05, 3.63) is 59.2 Å². The van der Waals surface area contributed by atoms with Gasteiger partial charge in [0.2, 0.25) is 5.91 Å². The third-order valence-corrected chi connectivity index (χ3v) is 6.93. The van der Waals surface area contributed by atoms with Gasteiger partial charge in [-0.2, -0.15) is 0 Å². The van der Waals surface area contributed by atoms with Gasteiger partial charge in [-0.1, -0.05) is 12.1 Å². The Morgan fingerprint density at radius 1 is 1.00 bits per heavy atom. The molecule has 2 amide bonds. The lowest BCUT2D eigenvalue weighted by atomic mass is 10.0. The average molecular weight is 430 g/mol. The highest BCUT2D eigenvalue weighted by Gasteiger charge is 2.23. The van der Waals surface area contributed by atoms with E-state index >= 15 is 0 Å². The lowest BCUT2D eigenvalue weighted by Gasteiger charge is -2.31. The van der Waals surface area contributed by atoms with Crippen LogP contribution in [0, 0.1) is 13.8 Å². The van der Waals surface area contributed by atoms with Gasteiger partial charge in [0.15, 0.2) is 0 Å². The van der Waals surface area contributed by atoms with E-state index in [2.05, 4.69) is 10.0 Å². The van der Waals surface area contributed by atoms with Crippen LogP contribution < -0.4 is 10.0 Å². The number of nitrogens with one attached hydrogen (secondary N) is 2. The van der Waals surface area contributed by atoms with Gasteiger partial charge in [-0.05, 0) is 68.1 Å². The topological polar surface area (TPSA) is 95.6 Å². The molecule has 1 aliphatic rings. The van der Waals surface area contributed by atoms with Crippen LogP contribution in [0.2, 0.25) is 0 Å². The van der Waals surface area contributed by atoms with Gasteiger partial charge in [0, 0.05) is 31.6 Å². The average Bonchev–Trinajstić information content (AvgIpc) is 2.72. The van der Waals surface area contributed by atoms with Crippen molar-refractivity contribution in [1.82, 2.24) is 10.2 Å². The summed E-state index contributed by atoms with van der Waals surface area (Å²) in [4.78, 5) is 25.8. The molecule has 160 valence electrons. The van der Waals surface area contributed by atoms with Gasteiger partial charge in [0.25, 0.3) is 15.9 Å². The second-order valence-electron chi connectivity index (χ2n) is 7.63. The van der Waals surface area contributed by atoms with Crippen molar-refractivity contribution >= 4 is 27.5 Å². The van der Waals surface area contributed by atoms with E-state index in [1.54, 1.807) is 24.0 Å². The van der Waals surface area contributed by atoms with E-state index in [9.17, 15) is 18.0 Å². The number of aryl methyl sites for hydroxylation is 1. The maximum atomic E-state index is 12.7. The van der Waals surface area contributed by atoms with E-state index in [1.165, 1.54) is 24.3 Å². The number of benzene rings is 2. The minimum atomic E-state index is -3.76. The van der Waals surface area contributed by atoms with Crippen molar-refractivity contribution in [2.45, 2.75) is 44.6 Å². The van der Waals surface area contributed by atoms with Crippen LogP contribution in [0.5, 0.6) is 0 Å². The molecule has 1 heterocycles. The molecule has 0 saturated carbocycles. The highest BCUT2D eigenvalue weighted by atomic mass is 32.2. The Hall–Kier alpha value is -2.87. The van der Waals surface area contributed by atoms with Gasteiger partial charge in [0.1, 0.15) is 0 Å². The van der Waals surface area contributed by atoms with Gasteiger partial charge >= 0.3 is 0 Å². The van der Waals surface area contributed by atoms with Crippen LogP contribution in [-0.4, -0.2) is 44.3 Å². The standard InChI is InChI=1S/C22H27N3O4S/c1-15-5-4-6-21(16(15)2)24-30(28,29)20-9-7-18(8-10-20)22(27)23-19-11-13-25(14-12-19)17(3)26/h4-10,19,24H,11-14H2,1-3H3,(H,23,27). The van der Waals surface area contributed by atoms with E-state index in [1.807, 2.05) is 19.9 Å². The van der Waals surface area contributed by atoms with Crippen LogP contribution in [0.15, 0.2) is 47.4 Å². The number of nitrogens with zero attached hydrogens (tertiary/aromatic N) is 1. The molecule has 2 aromatic rings. The Bertz CT molecular complexity index is 1040. The van der Waals surface area contributed by atoms with E-state index in [-0.39, 0.29) is 22.8 Å². The molecule has 8 heteroatoms. The highest BCUT2D eigenvalue weighted by molar-refractivity contribution is 7.92. The summed E-state index contributed by atoms with van der Waals surface area (Å²) in [6.07, 6.45) is 1.41. The molecule has 0 atom stereocenters. The number of sulfonamides is 1. The number of likely N-dealkylation sites (tertiary alicyclic amines) is 1. The zero-order valence-corrected chi connectivity index (χ0v) is 18.3. The van der Waals surface area contributed by atoms with Crippen LogP contribution >= 0.6 is 0 Å². The fraction of sp³-hybridized carbons (Fsp3) is 0.364. The van der Waals surface area contributed by atoms with Gasteiger partial charge in [-0.25, -0.2) is 8.42 Å². The first-order valence-corrected chi connectivity index (χ1v) is 11.4. The van der Waals surface area contributed by atoms with Crippen molar-refractivity contribution in [1.29, 1.82) is 0 Å². The summed E-state index contributed by atoms with van der Waals surface area (Å²) in [6.45, 7) is 6.58. The van der Waals surface area contributed by atoms with Gasteiger partial charge < -0.3 is 10.2 Å². The molecule has 2 aromatic carbocycles. The summed E-state index contributed by atoms with van der Waals surface area (Å²) in [5, 5.41) is 2.96. The third-order valence-electron chi connectivity index (χ3n) is 5.55. The number of carbonyl (C=O) groups excluding carboxylic acids is 2. The molecule has 0 unspecified atom stereocenters. The molecule has 0 radical (unpaired) electrons. The monoisotopic (exact) mass is 429 g/mol. The molecule has 0 spiro atoms. The zero-order valence-electron chi connectivity index (χ0n) is 17.4. The molecule has 1 fully saturated rings. The second kappa shape index (κ2) is 8.87. The van der Waals surface area contributed by atoms with Crippen molar-refractivity contribution in [3.63, 3.8) is 0 Å². The van der Waals surface area contributed by atoms with Crippen molar-refractivity contribution in [3.8, 4) is 0 Å². The Balaban J connectivity index is 1.64. The molecule has 0 aromatic heterocycles. The van der Waals surface area contributed by atoms with Crippen LogP contribution in [0.4, 0.5) is 5.69 Å². The normalized spacial score (nSPS) is 15.0. The maximum Gasteiger partial charge on any atom is 0.261 e. The minimum absolute atomic E-state index is 0.00229. The van der Waals surface area contributed by atoms with Crippen molar-refractivity contribution in [2.24, 2.45) is 0 Å². The number of hydrogen-bond acceptors (Lipinski definition) is 4. The predicted octanol–water partition coefficient (Wildman–Crippen LogP) is 2.84. The van der Waals surface area contributed by atoms with Crippen LogP contribution in [0.3, 0.4) is 0 Å². The SMILES string of the molecule is CC(=O)N1CCC(NC(=O)c2ccc(S(=O)(=O)Nc3cccc(C)c3C)cc2)CC1. The molecular formula is C22H27N3O4S. The first-order chi connectivity index (χ1) is 14.2. The lowest BCUT2D eigenvalue weighted by molar-refractivity contribution is -0.129. The number of carbonyl (C=O) groups is 2. The predicted molar refractivity (Wildman–Crippen MR) is 116 cm³/mol. The smallest absolute Gasteiger partial charge is 0.261 e. The molecule has 7 nitrogen and oxygen atoms in total. The van der Waals surface area contributed by atoms with E-state index < -0.39 is 10.0 Å². The number of rotatable bonds is 5. The number of hydrogen-bond donors (Lipinski definition) is 2. The summed E-state index contributed by atoms with van der Waals surface area (Å²) >= 11 is 0. The van der Waals surface area contributed by atoms with Crippen LogP contribution in [-0.2, 0) is 14.8 Å². The zero-order chi connectivity index (χ0) is 21.9. The number of amides is 2. The van der Waals surface area contributed by atoms with Crippen LogP contribution in [0.25, 0.3) is 0 Å². The van der Waals surface area contributed by atoms with Gasteiger partial charge in [-0.15, -0.1) is 0 Å². The Morgan fingerprint density at radius 3 is 2.23 bits per heavy atom. The second-order valence-corrected chi connectivity index (χ2v) is 9.31. The quantitative estimate of drug-likeness (QED) is 0.764. The highest BCUT2D eigenvalue weighted by Crippen LogP contribution is 2.22. The number of anilines is 1. The maximum absolute atomic E-state index is 12.7. The van der Waals surface area contributed by atoms with Crippen molar-refractivity contribution < 1.29 is 18.0 Å². The Labute approximate surface area is 177 Å². The first kappa shape index (κ1) is 21.8. The van der Waals surface area contributed by atoms with Gasteiger partial charge in [0.05, 0.1) is 10.6 Å². The Morgan fingerprint density at radius 2 is 1.63 bits per heavy atom. The fourth-order valence-electron chi connectivity index (χ4n) is 3.46. The Kier molecular flexibility index (Phi) is 6.45. The summed E-state index contributed by atoms with van der Waals surface area (Å²) in [5.74, 6) is -0.200. The summed E-state index contributed by atoms with van der Waals surface area (Å²) in [7, 11) is -3.76. The number of piperidine rings is 1.